The van der Waals surface area contributed by atoms with Crippen LogP contribution in [-0.4, -0.2) is 84.3 Å². The molecule has 1 heterocycles. The summed E-state index contributed by atoms with van der Waals surface area (Å²) in [7, 11) is 0. The Morgan fingerprint density at radius 3 is 2.43 bits per heavy atom. The number of hydrogen-bond donors (Lipinski definition) is 2. The van der Waals surface area contributed by atoms with Crippen molar-refractivity contribution in [2.45, 2.75) is 44.6 Å². The number of imide groups is 2. The molecule has 10 heteroatoms. The molecule has 9 nitrogen and oxygen atoms in total. The molecule has 30 heavy (non-hydrogen) atoms. The van der Waals surface area contributed by atoms with Gasteiger partial charge in [-0.2, -0.15) is 0 Å². The van der Waals surface area contributed by atoms with Gasteiger partial charge in [0.2, 0.25) is 5.91 Å². The Morgan fingerprint density at radius 2 is 1.87 bits per heavy atom. The molecule has 0 aliphatic carbocycles. The fraction of sp³-hybridized carbons (Fsp3) is 0.500. The molecule has 160 valence electrons. The van der Waals surface area contributed by atoms with Crippen LogP contribution in [0.4, 0.5) is 9.59 Å². The van der Waals surface area contributed by atoms with E-state index in [1.54, 1.807) is 37.3 Å². The zero-order chi connectivity index (χ0) is 21.4. The molecule has 0 bridgehead atoms. The van der Waals surface area contributed by atoms with Gasteiger partial charge in [0.05, 0.1) is 13.2 Å². The second kappa shape index (κ2) is 12.0. The van der Waals surface area contributed by atoms with Crippen molar-refractivity contribution in [3.63, 3.8) is 0 Å². The van der Waals surface area contributed by atoms with Crippen molar-refractivity contribution < 1.29 is 28.7 Å². The Labute approximate surface area is 197 Å². The number of urea groups is 1. The van der Waals surface area contributed by atoms with Crippen LogP contribution >= 0.6 is 0 Å². The van der Waals surface area contributed by atoms with E-state index in [0.29, 0.717) is 12.2 Å². The van der Waals surface area contributed by atoms with Gasteiger partial charge < -0.3 is 15.2 Å². The Morgan fingerprint density at radius 1 is 1.20 bits per heavy atom. The first-order valence-corrected chi connectivity index (χ1v) is 9.63. The molecule has 3 N–H and O–H groups in total. The van der Waals surface area contributed by atoms with E-state index in [-0.39, 0.29) is 49.1 Å². The van der Waals surface area contributed by atoms with E-state index >= 15 is 0 Å². The number of amides is 5. The van der Waals surface area contributed by atoms with E-state index in [4.69, 9.17) is 15.2 Å². The van der Waals surface area contributed by atoms with Gasteiger partial charge in [-0.3, -0.25) is 19.8 Å². The van der Waals surface area contributed by atoms with Gasteiger partial charge >= 0.3 is 41.7 Å². The Hall–Kier alpha value is -1.94. The predicted octanol–water partition coefficient (Wildman–Crippen LogP) is 1.04. The molecule has 0 saturated carbocycles. The van der Waals surface area contributed by atoms with Crippen molar-refractivity contribution in [3.8, 4) is 0 Å². The van der Waals surface area contributed by atoms with E-state index in [1.165, 1.54) is 0 Å². The molecule has 2 atom stereocenters. The fourth-order valence-corrected chi connectivity index (χ4v) is 3.30. The number of nitrogens with two attached hydrogens (primary N) is 1. The van der Waals surface area contributed by atoms with Crippen LogP contribution in [0.15, 0.2) is 30.3 Å². The summed E-state index contributed by atoms with van der Waals surface area (Å²) in [5.74, 6) is -1.35. The third-order valence-electron chi connectivity index (χ3n) is 4.88. The van der Waals surface area contributed by atoms with Crippen molar-refractivity contribution in [3.05, 3.63) is 35.9 Å². The number of rotatable bonds is 10. The van der Waals surface area contributed by atoms with Crippen LogP contribution < -0.4 is 11.1 Å². The second-order valence-electron chi connectivity index (χ2n) is 6.79. The summed E-state index contributed by atoms with van der Waals surface area (Å²) in [5, 5.41) is 2.25. The number of carbonyl (C=O) groups excluding carboxylic acids is 4. The first-order chi connectivity index (χ1) is 13.9. The van der Waals surface area contributed by atoms with Crippen molar-refractivity contribution in [2.24, 2.45) is 5.73 Å². The number of ether oxygens (including phenoxy) is 2. The van der Waals surface area contributed by atoms with E-state index in [2.05, 4.69) is 5.32 Å². The maximum absolute atomic E-state index is 13.3. The topological polar surface area (TPSA) is 128 Å². The van der Waals surface area contributed by atoms with Crippen LogP contribution in [0, 0.1) is 0 Å². The van der Waals surface area contributed by atoms with Gasteiger partial charge in [0.15, 0.2) is 5.41 Å². The normalized spacial score (nSPS) is 19.7. The molecular formula is C20H28N3NaO6. The number of unbranched alkanes of at least 4 members (excludes halogenated alkanes) is 1. The summed E-state index contributed by atoms with van der Waals surface area (Å²) < 4.78 is 10.5. The molecule has 5 amide bonds. The van der Waals surface area contributed by atoms with E-state index in [9.17, 15) is 19.2 Å². The van der Waals surface area contributed by atoms with Gasteiger partial charge in [0.25, 0.3) is 5.91 Å². The average Bonchev–Trinajstić information content (AvgIpc) is 2.69. The van der Waals surface area contributed by atoms with Crippen molar-refractivity contribution >= 4 is 53.5 Å². The molecule has 1 aromatic carbocycles. The Bertz CT molecular complexity index is 760. The number of hydrogen-bond acceptors (Lipinski definition) is 6. The number of benzene rings is 1. The van der Waals surface area contributed by atoms with Crippen LogP contribution in [0.5, 0.6) is 0 Å². The van der Waals surface area contributed by atoms with Crippen molar-refractivity contribution in [2.75, 3.05) is 19.8 Å². The predicted molar refractivity (Wildman–Crippen MR) is 111 cm³/mol. The van der Waals surface area contributed by atoms with Crippen LogP contribution in [0.25, 0.3) is 0 Å². The minimum atomic E-state index is -1.55. The minimum absolute atomic E-state index is 0. The van der Waals surface area contributed by atoms with Gasteiger partial charge in [0.1, 0.15) is 6.10 Å². The molecule has 1 fully saturated rings. The molecule has 2 unspecified atom stereocenters. The summed E-state index contributed by atoms with van der Waals surface area (Å²) in [6.45, 7) is 3.84. The monoisotopic (exact) mass is 429 g/mol. The van der Waals surface area contributed by atoms with Crippen molar-refractivity contribution in [1.82, 2.24) is 10.2 Å². The first kappa shape index (κ1) is 26.1. The van der Waals surface area contributed by atoms with E-state index in [0.717, 1.165) is 17.7 Å². The molecule has 1 aliphatic rings. The van der Waals surface area contributed by atoms with Gasteiger partial charge in [-0.05, 0) is 18.4 Å². The molecule has 1 saturated heterocycles. The standard InChI is InChI=1S/C20H27N3O6.Na.H/c1-3-5-11-28-13-15(29-18(21)26)12-23-17(25)20(4-2,16(24)22-19(23)27)14-9-7-6-8-10-14;;/h6-10,15H,3-5,11-13H2,1-2H3,(H2,21,26)(H,22,24,27);;. The van der Waals surface area contributed by atoms with E-state index in [1.807, 2.05) is 6.92 Å². The number of carbonyl (C=O) groups is 4. The molecular weight excluding hydrogens is 401 g/mol. The summed E-state index contributed by atoms with van der Waals surface area (Å²) in [5.41, 5.74) is 4.05. The summed E-state index contributed by atoms with van der Waals surface area (Å²) in [4.78, 5) is 50.6. The first-order valence-electron chi connectivity index (χ1n) is 9.63. The van der Waals surface area contributed by atoms with Gasteiger partial charge in [-0.25, -0.2) is 9.59 Å². The molecule has 1 aromatic rings. The number of barbiturate groups is 1. The van der Waals surface area contributed by atoms with Crippen LogP contribution in [0.2, 0.25) is 0 Å². The number of nitrogens with zero attached hydrogens (tertiary/aromatic N) is 1. The van der Waals surface area contributed by atoms with Crippen LogP contribution in [0.3, 0.4) is 0 Å². The summed E-state index contributed by atoms with van der Waals surface area (Å²) in [6, 6.07) is 7.67. The third kappa shape index (κ3) is 5.81. The zero-order valence-electron chi connectivity index (χ0n) is 16.7. The second-order valence-corrected chi connectivity index (χ2v) is 6.79. The molecule has 1 aliphatic heterocycles. The molecule has 2 rings (SSSR count). The van der Waals surface area contributed by atoms with Gasteiger partial charge in [-0.1, -0.05) is 50.6 Å². The summed E-state index contributed by atoms with van der Waals surface area (Å²) >= 11 is 0. The average molecular weight is 429 g/mol. The maximum atomic E-state index is 13.3. The van der Waals surface area contributed by atoms with Gasteiger partial charge in [-0.15, -0.1) is 0 Å². The molecule has 0 spiro atoms. The third-order valence-corrected chi connectivity index (χ3v) is 4.88. The van der Waals surface area contributed by atoms with Crippen molar-refractivity contribution in [1.29, 1.82) is 0 Å². The summed E-state index contributed by atoms with van der Waals surface area (Å²) in [6.07, 6.45) is -0.0994. The Balaban J connectivity index is 0.00000450. The number of primary amides is 1. The molecule has 0 aromatic heterocycles. The van der Waals surface area contributed by atoms with Crippen LogP contribution in [-0.2, 0) is 24.5 Å². The SMILES string of the molecule is CCCCOCC(CN1C(=O)NC(=O)C(CC)(c2ccccc2)C1=O)OC(N)=O.[NaH]. The number of nitrogens with one attached hydrogen (secondary N) is 1. The van der Waals surface area contributed by atoms with Gasteiger partial charge in [0, 0.05) is 6.61 Å². The van der Waals surface area contributed by atoms with E-state index < -0.39 is 35.5 Å². The zero-order valence-corrected chi connectivity index (χ0v) is 16.7. The molecule has 0 radical (unpaired) electrons. The quantitative estimate of drug-likeness (QED) is 0.325. The Kier molecular flexibility index (Phi) is 10.5. The van der Waals surface area contributed by atoms with Crippen LogP contribution in [0.1, 0.15) is 38.7 Å². The fourth-order valence-electron chi connectivity index (χ4n) is 3.30.